The fraction of sp³-hybridized carbons (Fsp3) is 0.385. The van der Waals surface area contributed by atoms with Gasteiger partial charge in [0.25, 0.3) is 0 Å². The first-order chi connectivity index (χ1) is 8.00. The van der Waals surface area contributed by atoms with E-state index in [-0.39, 0.29) is 12.3 Å². The van der Waals surface area contributed by atoms with Crippen molar-refractivity contribution in [1.82, 2.24) is 4.90 Å². The number of hydrogen-bond donors (Lipinski definition) is 1. The van der Waals surface area contributed by atoms with Crippen LogP contribution in [0.1, 0.15) is 12.0 Å². The number of aliphatic carboxylic acids is 1. The first kappa shape index (κ1) is 13.2. The van der Waals surface area contributed by atoms with Gasteiger partial charge in [-0.2, -0.15) is 0 Å². The predicted molar refractivity (Wildman–Crippen MR) is 64.6 cm³/mol. The minimum Gasteiger partial charge on any atom is -0.481 e. The molecule has 0 unspecified atom stereocenters. The molecule has 1 atom stereocenters. The first-order valence-electron chi connectivity index (χ1n) is 5.47. The summed E-state index contributed by atoms with van der Waals surface area (Å²) in [4.78, 5) is 24.0. The van der Waals surface area contributed by atoms with Crippen LogP contribution in [0, 0.1) is 5.92 Å². The van der Waals surface area contributed by atoms with Crippen molar-refractivity contribution in [1.29, 1.82) is 0 Å². The smallest absolute Gasteiger partial charge is 0.307 e. The van der Waals surface area contributed by atoms with Gasteiger partial charge in [-0.3, -0.25) is 9.59 Å². The number of carboxylic acids is 1. The first-order valence-corrected chi connectivity index (χ1v) is 5.47. The standard InChI is InChI=1S/C13H17NO3/c1-14(2)12(15)9-11(13(16)17)8-10-6-4-3-5-7-10/h3-7,11H,8-9H2,1-2H3,(H,16,17)/t11-/m1/s1. The Kier molecular flexibility index (Phi) is 4.69. The lowest BCUT2D eigenvalue weighted by Gasteiger charge is -2.15. The Morgan fingerprint density at radius 3 is 2.29 bits per heavy atom. The highest BCUT2D eigenvalue weighted by atomic mass is 16.4. The van der Waals surface area contributed by atoms with Crippen LogP contribution in [-0.2, 0) is 16.0 Å². The summed E-state index contributed by atoms with van der Waals surface area (Å²) in [7, 11) is 3.26. The molecule has 0 aliphatic carbocycles. The zero-order chi connectivity index (χ0) is 12.8. The van der Waals surface area contributed by atoms with Gasteiger partial charge in [0.05, 0.1) is 5.92 Å². The Labute approximate surface area is 101 Å². The highest BCUT2D eigenvalue weighted by Gasteiger charge is 2.22. The number of amides is 1. The van der Waals surface area contributed by atoms with Crippen LogP contribution in [0.15, 0.2) is 30.3 Å². The lowest BCUT2D eigenvalue weighted by molar-refractivity contribution is -0.145. The molecule has 0 aromatic heterocycles. The van der Waals surface area contributed by atoms with Crippen LogP contribution in [0.4, 0.5) is 0 Å². The topological polar surface area (TPSA) is 57.6 Å². The van der Waals surface area contributed by atoms with E-state index in [1.807, 2.05) is 30.3 Å². The van der Waals surface area contributed by atoms with Crippen molar-refractivity contribution in [3.63, 3.8) is 0 Å². The summed E-state index contributed by atoms with van der Waals surface area (Å²) < 4.78 is 0. The van der Waals surface area contributed by atoms with Gasteiger partial charge in [-0.15, -0.1) is 0 Å². The Bertz CT molecular complexity index is 387. The molecule has 0 saturated carbocycles. The number of nitrogens with zero attached hydrogens (tertiary/aromatic N) is 1. The number of carbonyl (C=O) groups is 2. The molecule has 4 nitrogen and oxygen atoms in total. The molecule has 0 bridgehead atoms. The summed E-state index contributed by atoms with van der Waals surface area (Å²) in [5, 5.41) is 9.09. The largest absolute Gasteiger partial charge is 0.481 e. The summed E-state index contributed by atoms with van der Waals surface area (Å²) in [5.74, 6) is -1.75. The Morgan fingerprint density at radius 2 is 1.82 bits per heavy atom. The summed E-state index contributed by atoms with van der Waals surface area (Å²) >= 11 is 0. The zero-order valence-corrected chi connectivity index (χ0v) is 10.1. The van der Waals surface area contributed by atoms with E-state index in [0.717, 1.165) is 5.56 Å². The molecular weight excluding hydrogens is 218 g/mol. The van der Waals surface area contributed by atoms with Gasteiger partial charge in [-0.1, -0.05) is 30.3 Å². The number of carboxylic acid groups (broad SMARTS) is 1. The summed E-state index contributed by atoms with van der Waals surface area (Å²) in [6, 6.07) is 9.35. The van der Waals surface area contributed by atoms with Crippen LogP contribution in [0.3, 0.4) is 0 Å². The number of carbonyl (C=O) groups excluding carboxylic acids is 1. The van der Waals surface area contributed by atoms with Crippen molar-refractivity contribution in [3.8, 4) is 0 Å². The molecule has 1 aromatic carbocycles. The second-order valence-corrected chi connectivity index (χ2v) is 4.22. The Morgan fingerprint density at radius 1 is 1.24 bits per heavy atom. The van der Waals surface area contributed by atoms with Crippen LogP contribution < -0.4 is 0 Å². The fourth-order valence-electron chi connectivity index (χ4n) is 1.54. The summed E-state index contributed by atoms with van der Waals surface area (Å²) in [6.07, 6.45) is 0.424. The number of hydrogen-bond acceptors (Lipinski definition) is 2. The molecule has 0 saturated heterocycles. The van der Waals surface area contributed by atoms with Crippen LogP contribution in [0.5, 0.6) is 0 Å². The molecule has 1 rings (SSSR count). The van der Waals surface area contributed by atoms with Crippen LogP contribution >= 0.6 is 0 Å². The molecule has 1 N–H and O–H groups in total. The monoisotopic (exact) mass is 235 g/mol. The van der Waals surface area contributed by atoms with Gasteiger partial charge in [0.1, 0.15) is 0 Å². The van der Waals surface area contributed by atoms with E-state index in [9.17, 15) is 9.59 Å². The van der Waals surface area contributed by atoms with Crippen molar-refractivity contribution in [3.05, 3.63) is 35.9 Å². The quantitative estimate of drug-likeness (QED) is 0.839. The molecule has 1 aromatic rings. The second-order valence-electron chi connectivity index (χ2n) is 4.22. The minimum atomic E-state index is -0.927. The van der Waals surface area contributed by atoms with Crippen molar-refractivity contribution in [2.75, 3.05) is 14.1 Å². The van der Waals surface area contributed by atoms with Crippen LogP contribution in [0.25, 0.3) is 0 Å². The van der Waals surface area contributed by atoms with Gasteiger partial charge in [0.15, 0.2) is 0 Å². The summed E-state index contributed by atoms with van der Waals surface area (Å²) in [6.45, 7) is 0. The third-order valence-electron chi connectivity index (χ3n) is 2.59. The minimum absolute atomic E-state index is 0.0389. The average Bonchev–Trinajstić information content (AvgIpc) is 2.29. The molecule has 0 radical (unpaired) electrons. The molecule has 0 aliphatic heterocycles. The normalized spacial score (nSPS) is 11.9. The third-order valence-corrected chi connectivity index (χ3v) is 2.59. The van der Waals surface area contributed by atoms with Gasteiger partial charge >= 0.3 is 5.97 Å². The Balaban J connectivity index is 2.68. The van der Waals surface area contributed by atoms with Crippen molar-refractivity contribution >= 4 is 11.9 Å². The highest BCUT2D eigenvalue weighted by Crippen LogP contribution is 2.13. The van der Waals surface area contributed by atoms with Gasteiger partial charge in [-0.25, -0.2) is 0 Å². The molecule has 4 heteroatoms. The fourth-order valence-corrected chi connectivity index (χ4v) is 1.54. The van der Waals surface area contributed by atoms with Crippen LogP contribution in [-0.4, -0.2) is 36.0 Å². The molecule has 0 aliphatic rings. The molecule has 0 spiro atoms. The molecule has 92 valence electrons. The SMILES string of the molecule is CN(C)C(=O)C[C@@H](Cc1ccccc1)C(=O)O. The molecule has 17 heavy (non-hydrogen) atoms. The predicted octanol–water partition coefficient (Wildman–Crippen LogP) is 1.41. The van der Waals surface area contributed by atoms with E-state index < -0.39 is 11.9 Å². The third kappa shape index (κ3) is 4.26. The van der Waals surface area contributed by atoms with E-state index in [1.165, 1.54) is 4.90 Å². The van der Waals surface area contributed by atoms with E-state index >= 15 is 0 Å². The molecule has 1 amide bonds. The number of benzene rings is 1. The maximum Gasteiger partial charge on any atom is 0.307 e. The molecule has 0 heterocycles. The second kappa shape index (κ2) is 6.03. The van der Waals surface area contributed by atoms with Gasteiger partial charge in [0, 0.05) is 20.5 Å². The Hall–Kier alpha value is -1.84. The lowest BCUT2D eigenvalue weighted by atomic mass is 9.96. The van der Waals surface area contributed by atoms with Crippen molar-refractivity contribution < 1.29 is 14.7 Å². The average molecular weight is 235 g/mol. The van der Waals surface area contributed by atoms with Gasteiger partial charge in [0.2, 0.25) is 5.91 Å². The lowest BCUT2D eigenvalue weighted by Crippen LogP contribution is -2.28. The highest BCUT2D eigenvalue weighted by molar-refractivity contribution is 5.82. The van der Waals surface area contributed by atoms with E-state index in [1.54, 1.807) is 14.1 Å². The maximum absolute atomic E-state index is 11.5. The van der Waals surface area contributed by atoms with Crippen molar-refractivity contribution in [2.45, 2.75) is 12.8 Å². The van der Waals surface area contributed by atoms with Crippen molar-refractivity contribution in [2.24, 2.45) is 5.92 Å². The molecule has 0 fully saturated rings. The number of rotatable bonds is 5. The molecular formula is C13H17NO3. The maximum atomic E-state index is 11.5. The summed E-state index contributed by atoms with van der Waals surface area (Å²) in [5.41, 5.74) is 0.937. The van der Waals surface area contributed by atoms with E-state index in [4.69, 9.17) is 5.11 Å². The van der Waals surface area contributed by atoms with E-state index in [2.05, 4.69) is 0 Å². The zero-order valence-electron chi connectivity index (χ0n) is 10.1. The van der Waals surface area contributed by atoms with E-state index in [0.29, 0.717) is 6.42 Å². The van der Waals surface area contributed by atoms with Gasteiger partial charge < -0.3 is 10.0 Å². The van der Waals surface area contributed by atoms with Gasteiger partial charge in [-0.05, 0) is 12.0 Å². The van der Waals surface area contributed by atoms with Crippen LogP contribution in [0.2, 0.25) is 0 Å².